The highest BCUT2D eigenvalue weighted by Gasteiger charge is 2.20. The maximum atomic E-state index is 12.9. The molecule has 2 aromatic carbocycles. The summed E-state index contributed by atoms with van der Waals surface area (Å²) in [6, 6.07) is 14.7. The van der Waals surface area contributed by atoms with E-state index in [1.807, 2.05) is 0 Å². The van der Waals surface area contributed by atoms with Crippen LogP contribution in [-0.2, 0) is 16.4 Å². The van der Waals surface area contributed by atoms with E-state index in [1.54, 1.807) is 67.8 Å². The van der Waals surface area contributed by atoms with Gasteiger partial charge >= 0.3 is 0 Å². The average molecular weight is 440 g/mol. The topological polar surface area (TPSA) is 91.9 Å². The molecule has 152 valence electrons. The number of pyridine rings is 1. The molecule has 0 aliphatic rings. The zero-order valence-electron chi connectivity index (χ0n) is 16.0. The smallest absolute Gasteiger partial charge is 0.267 e. The van der Waals surface area contributed by atoms with Gasteiger partial charge in [-0.15, -0.1) is 0 Å². The third kappa shape index (κ3) is 3.94. The van der Waals surface area contributed by atoms with Crippen LogP contribution in [0, 0.1) is 6.92 Å². The van der Waals surface area contributed by atoms with Crippen molar-refractivity contribution >= 4 is 38.2 Å². The minimum Gasteiger partial charge on any atom is -0.350 e. The summed E-state index contributed by atoms with van der Waals surface area (Å²) < 4.78 is 25.8. The molecule has 0 bridgehead atoms. The monoisotopic (exact) mass is 439 g/mol. The van der Waals surface area contributed by atoms with Crippen molar-refractivity contribution in [3.8, 4) is 0 Å². The maximum absolute atomic E-state index is 12.9. The molecule has 4 rings (SSSR count). The number of carbonyl (C=O) groups is 1. The highest BCUT2D eigenvalue weighted by atomic mass is 35.5. The van der Waals surface area contributed by atoms with E-state index in [0.29, 0.717) is 16.3 Å². The molecule has 0 unspecified atom stereocenters. The van der Waals surface area contributed by atoms with Gasteiger partial charge in [0.1, 0.15) is 5.69 Å². The van der Waals surface area contributed by atoms with Crippen LogP contribution in [0.3, 0.4) is 0 Å². The van der Waals surface area contributed by atoms with Gasteiger partial charge in [0.2, 0.25) is 9.84 Å². The number of aromatic nitrogens is 2. The van der Waals surface area contributed by atoms with E-state index in [4.69, 9.17) is 11.6 Å². The lowest BCUT2D eigenvalue weighted by molar-refractivity contribution is 0.0946. The quantitative estimate of drug-likeness (QED) is 0.485. The van der Waals surface area contributed by atoms with Gasteiger partial charge in [0.15, 0.2) is 0 Å². The normalized spacial score (nSPS) is 11.5. The predicted octanol–water partition coefficient (Wildman–Crippen LogP) is 4.29. The summed E-state index contributed by atoms with van der Waals surface area (Å²) in [5.41, 5.74) is 2.65. The molecule has 0 aliphatic heterocycles. The zero-order chi connectivity index (χ0) is 21.3. The van der Waals surface area contributed by atoms with Crippen LogP contribution < -0.4 is 5.32 Å². The van der Waals surface area contributed by atoms with Crippen molar-refractivity contribution in [3.63, 3.8) is 0 Å². The van der Waals surface area contributed by atoms with Gasteiger partial charge in [0.05, 0.1) is 9.79 Å². The second kappa shape index (κ2) is 7.93. The number of hydrogen-bond acceptors (Lipinski definition) is 4. The summed E-state index contributed by atoms with van der Waals surface area (Å²) in [7, 11) is -3.65. The SMILES string of the molecule is Cc1cc(Cl)ccc1S(=O)(=O)c1ccc(CNC(=O)c2cc3cnccc3[nH]2)cc1. The largest absolute Gasteiger partial charge is 0.350 e. The fraction of sp³-hybridized carbons (Fsp3) is 0.0909. The van der Waals surface area contributed by atoms with Crippen molar-refractivity contribution in [1.82, 2.24) is 15.3 Å². The number of rotatable bonds is 5. The Hall–Kier alpha value is -3.16. The number of sulfone groups is 1. The van der Waals surface area contributed by atoms with Gasteiger partial charge in [-0.3, -0.25) is 9.78 Å². The second-order valence-corrected chi connectivity index (χ2v) is 9.24. The Labute approximate surface area is 178 Å². The van der Waals surface area contributed by atoms with E-state index >= 15 is 0 Å². The lowest BCUT2D eigenvalue weighted by Crippen LogP contribution is -2.23. The molecule has 6 nitrogen and oxygen atoms in total. The number of aromatic amines is 1. The lowest BCUT2D eigenvalue weighted by atomic mass is 10.2. The Morgan fingerprint density at radius 3 is 2.57 bits per heavy atom. The van der Waals surface area contributed by atoms with Crippen molar-refractivity contribution in [1.29, 1.82) is 0 Å². The summed E-state index contributed by atoms with van der Waals surface area (Å²) in [4.78, 5) is 19.9. The number of nitrogens with zero attached hydrogens (tertiary/aromatic N) is 1. The van der Waals surface area contributed by atoms with Gasteiger partial charge < -0.3 is 10.3 Å². The Morgan fingerprint density at radius 1 is 1.10 bits per heavy atom. The van der Waals surface area contributed by atoms with Crippen molar-refractivity contribution in [2.75, 3.05) is 0 Å². The van der Waals surface area contributed by atoms with Gasteiger partial charge in [0, 0.05) is 34.9 Å². The van der Waals surface area contributed by atoms with E-state index in [1.165, 1.54) is 6.07 Å². The standard InChI is InChI=1S/C22H18ClN3O3S/c1-14-10-17(23)4-7-21(14)30(28,29)18-5-2-15(3-6-18)12-25-22(27)20-11-16-13-24-9-8-19(16)26-20/h2-11,13,26H,12H2,1H3,(H,25,27). The van der Waals surface area contributed by atoms with Gasteiger partial charge in [-0.05, 0) is 60.5 Å². The number of halogens is 1. The van der Waals surface area contributed by atoms with Crippen LogP contribution in [0.2, 0.25) is 5.02 Å². The number of amides is 1. The number of H-pyrrole nitrogens is 1. The lowest BCUT2D eigenvalue weighted by Gasteiger charge is -2.09. The number of aryl methyl sites for hydroxylation is 1. The highest BCUT2D eigenvalue weighted by Crippen LogP contribution is 2.26. The van der Waals surface area contributed by atoms with Crippen LogP contribution in [0.4, 0.5) is 0 Å². The van der Waals surface area contributed by atoms with E-state index in [2.05, 4.69) is 15.3 Å². The third-order valence-electron chi connectivity index (χ3n) is 4.78. The minimum absolute atomic E-state index is 0.186. The highest BCUT2D eigenvalue weighted by molar-refractivity contribution is 7.91. The van der Waals surface area contributed by atoms with Crippen molar-refractivity contribution in [2.24, 2.45) is 0 Å². The van der Waals surface area contributed by atoms with Crippen molar-refractivity contribution in [3.05, 3.63) is 88.8 Å². The molecule has 1 amide bonds. The second-order valence-electron chi connectivity index (χ2n) is 6.89. The van der Waals surface area contributed by atoms with Gasteiger partial charge in [0.25, 0.3) is 5.91 Å². The van der Waals surface area contributed by atoms with Gasteiger partial charge in [-0.25, -0.2) is 8.42 Å². The molecule has 0 spiro atoms. The van der Waals surface area contributed by atoms with Gasteiger partial charge in [-0.2, -0.15) is 0 Å². The number of nitrogens with one attached hydrogen (secondary N) is 2. The molecule has 2 aromatic heterocycles. The Morgan fingerprint density at radius 2 is 1.87 bits per heavy atom. The van der Waals surface area contributed by atoms with Crippen LogP contribution in [0.25, 0.3) is 10.9 Å². The molecule has 4 aromatic rings. The Balaban J connectivity index is 1.47. The third-order valence-corrected chi connectivity index (χ3v) is 6.94. The van der Waals surface area contributed by atoms with E-state index in [-0.39, 0.29) is 22.2 Å². The Kier molecular flexibility index (Phi) is 5.32. The zero-order valence-corrected chi connectivity index (χ0v) is 17.6. The van der Waals surface area contributed by atoms with Gasteiger partial charge in [-0.1, -0.05) is 23.7 Å². The fourth-order valence-electron chi connectivity index (χ4n) is 3.20. The summed E-state index contributed by atoms with van der Waals surface area (Å²) in [5, 5.41) is 4.17. The molecule has 0 atom stereocenters. The first kappa shape index (κ1) is 20.1. The van der Waals surface area contributed by atoms with Crippen molar-refractivity contribution in [2.45, 2.75) is 23.3 Å². The van der Waals surface area contributed by atoms with E-state index in [0.717, 1.165) is 16.5 Å². The van der Waals surface area contributed by atoms with E-state index < -0.39 is 9.84 Å². The molecular weight excluding hydrogens is 422 g/mol. The summed E-state index contributed by atoms with van der Waals surface area (Å²) in [6.45, 7) is 1.98. The number of hydrogen-bond donors (Lipinski definition) is 2. The Bertz CT molecular complexity index is 1310. The predicted molar refractivity (Wildman–Crippen MR) is 115 cm³/mol. The molecule has 2 N–H and O–H groups in total. The average Bonchev–Trinajstić information content (AvgIpc) is 3.16. The van der Waals surface area contributed by atoms with Crippen LogP contribution in [0.15, 0.2) is 76.8 Å². The minimum atomic E-state index is -3.65. The maximum Gasteiger partial charge on any atom is 0.267 e. The molecule has 0 saturated carbocycles. The first-order chi connectivity index (χ1) is 14.3. The van der Waals surface area contributed by atoms with Crippen LogP contribution in [0.1, 0.15) is 21.6 Å². The molecule has 0 saturated heterocycles. The summed E-state index contributed by atoms with van der Waals surface area (Å²) in [6.07, 6.45) is 3.34. The summed E-state index contributed by atoms with van der Waals surface area (Å²) >= 11 is 5.93. The first-order valence-corrected chi connectivity index (χ1v) is 11.0. The number of benzene rings is 2. The van der Waals surface area contributed by atoms with Crippen LogP contribution in [0.5, 0.6) is 0 Å². The first-order valence-electron chi connectivity index (χ1n) is 9.16. The van der Waals surface area contributed by atoms with E-state index in [9.17, 15) is 13.2 Å². The number of fused-ring (bicyclic) bond motifs is 1. The molecular formula is C22H18ClN3O3S. The number of carbonyl (C=O) groups excluding carboxylic acids is 1. The molecule has 2 heterocycles. The summed E-state index contributed by atoms with van der Waals surface area (Å²) in [5.74, 6) is -0.250. The van der Waals surface area contributed by atoms with Crippen LogP contribution in [-0.4, -0.2) is 24.3 Å². The van der Waals surface area contributed by atoms with Crippen molar-refractivity contribution < 1.29 is 13.2 Å². The molecule has 0 fully saturated rings. The molecule has 8 heteroatoms. The van der Waals surface area contributed by atoms with Crippen LogP contribution >= 0.6 is 11.6 Å². The molecule has 0 radical (unpaired) electrons. The molecule has 0 aliphatic carbocycles. The fourth-order valence-corrected chi connectivity index (χ4v) is 4.90. The molecule has 30 heavy (non-hydrogen) atoms.